The van der Waals surface area contributed by atoms with Gasteiger partial charge in [0.05, 0.1) is 4.90 Å². The Morgan fingerprint density at radius 1 is 1.19 bits per heavy atom. The third kappa shape index (κ3) is 2.99. The molecule has 0 saturated carbocycles. The van der Waals surface area contributed by atoms with Gasteiger partial charge < -0.3 is 10.5 Å². The molecule has 0 unspecified atom stereocenters. The molecule has 0 atom stereocenters. The van der Waals surface area contributed by atoms with Crippen LogP contribution in [-0.2, 0) is 27.6 Å². The van der Waals surface area contributed by atoms with Gasteiger partial charge in [-0.3, -0.25) is 0 Å². The van der Waals surface area contributed by atoms with Gasteiger partial charge in [0.15, 0.2) is 0 Å². The van der Waals surface area contributed by atoms with Crippen LogP contribution in [0.4, 0.5) is 0 Å². The van der Waals surface area contributed by atoms with Crippen LogP contribution in [0, 0.1) is 0 Å². The van der Waals surface area contributed by atoms with Crippen molar-refractivity contribution in [2.45, 2.75) is 42.5 Å². The maximum atomic E-state index is 12.7. The molecule has 1 heterocycles. The third-order valence-corrected chi connectivity index (χ3v) is 6.15. The highest BCUT2D eigenvalue weighted by Crippen LogP contribution is 2.27. The summed E-state index contributed by atoms with van der Waals surface area (Å²) in [6.45, 7) is 1.38. The lowest BCUT2D eigenvalue weighted by molar-refractivity contribution is 0.0502. The van der Waals surface area contributed by atoms with Gasteiger partial charge in [-0.15, -0.1) is 0 Å². The number of nitrogens with two attached hydrogens (primary N) is 1. The summed E-state index contributed by atoms with van der Waals surface area (Å²) < 4.78 is 33.5. The molecule has 0 spiro atoms. The SMILES string of the molecule is NCC1(NS(=O)(=O)c2ccc3c(c2)CCC3)CCOCC1. The van der Waals surface area contributed by atoms with Crippen LogP contribution in [0.3, 0.4) is 0 Å². The smallest absolute Gasteiger partial charge is 0.241 e. The Labute approximate surface area is 125 Å². The minimum atomic E-state index is -3.54. The van der Waals surface area contributed by atoms with Crippen molar-refractivity contribution in [2.75, 3.05) is 19.8 Å². The summed E-state index contributed by atoms with van der Waals surface area (Å²) in [5.74, 6) is 0. The molecule has 5 nitrogen and oxygen atoms in total. The fourth-order valence-corrected chi connectivity index (χ4v) is 4.69. The molecule has 0 bridgehead atoms. The van der Waals surface area contributed by atoms with Gasteiger partial charge in [0, 0.05) is 25.3 Å². The molecule has 1 fully saturated rings. The summed E-state index contributed by atoms with van der Waals surface area (Å²) in [5, 5.41) is 0. The van der Waals surface area contributed by atoms with Gasteiger partial charge in [0.25, 0.3) is 0 Å². The number of ether oxygens (including phenoxy) is 1. The first-order valence-corrected chi connectivity index (χ1v) is 8.97. The second-order valence-electron chi connectivity index (χ2n) is 5.99. The molecule has 0 amide bonds. The number of aryl methyl sites for hydroxylation is 2. The zero-order valence-electron chi connectivity index (χ0n) is 12.1. The summed E-state index contributed by atoms with van der Waals surface area (Å²) >= 11 is 0. The average molecular weight is 310 g/mol. The Balaban J connectivity index is 1.86. The van der Waals surface area contributed by atoms with E-state index in [9.17, 15) is 8.42 Å². The van der Waals surface area contributed by atoms with Crippen LogP contribution in [0.1, 0.15) is 30.4 Å². The van der Waals surface area contributed by atoms with E-state index in [2.05, 4.69) is 4.72 Å². The zero-order valence-corrected chi connectivity index (χ0v) is 12.9. The maximum absolute atomic E-state index is 12.7. The Morgan fingerprint density at radius 2 is 1.90 bits per heavy atom. The molecule has 3 rings (SSSR count). The lowest BCUT2D eigenvalue weighted by Gasteiger charge is -2.36. The number of hydrogen-bond acceptors (Lipinski definition) is 4. The number of sulfonamides is 1. The number of rotatable bonds is 4. The highest BCUT2D eigenvalue weighted by molar-refractivity contribution is 7.89. The Bertz CT molecular complexity index is 622. The summed E-state index contributed by atoms with van der Waals surface area (Å²) in [4.78, 5) is 0.350. The predicted octanol–water partition coefficient (Wildman–Crippen LogP) is 0.961. The van der Waals surface area contributed by atoms with E-state index in [1.807, 2.05) is 12.1 Å². The molecule has 2 aliphatic rings. The van der Waals surface area contributed by atoms with Crippen molar-refractivity contribution in [3.63, 3.8) is 0 Å². The van der Waals surface area contributed by atoms with E-state index in [4.69, 9.17) is 10.5 Å². The molecule has 1 aromatic carbocycles. The fourth-order valence-electron chi connectivity index (χ4n) is 3.17. The highest BCUT2D eigenvalue weighted by atomic mass is 32.2. The second kappa shape index (κ2) is 5.68. The summed E-state index contributed by atoms with van der Waals surface area (Å²) in [7, 11) is -3.54. The van der Waals surface area contributed by atoms with E-state index >= 15 is 0 Å². The van der Waals surface area contributed by atoms with Gasteiger partial charge in [-0.1, -0.05) is 6.07 Å². The third-order valence-electron chi connectivity index (χ3n) is 4.57. The van der Waals surface area contributed by atoms with Crippen molar-refractivity contribution in [2.24, 2.45) is 5.73 Å². The van der Waals surface area contributed by atoms with Crippen LogP contribution >= 0.6 is 0 Å². The predicted molar refractivity (Wildman–Crippen MR) is 80.6 cm³/mol. The van der Waals surface area contributed by atoms with Crippen molar-refractivity contribution < 1.29 is 13.2 Å². The first-order valence-electron chi connectivity index (χ1n) is 7.48. The molecule has 3 N–H and O–H groups in total. The molecular formula is C15H22N2O3S. The van der Waals surface area contributed by atoms with Crippen molar-refractivity contribution >= 4 is 10.0 Å². The molecular weight excluding hydrogens is 288 g/mol. The van der Waals surface area contributed by atoms with Gasteiger partial charge in [-0.2, -0.15) is 0 Å². The standard InChI is InChI=1S/C15H22N2O3S/c16-11-15(6-8-20-9-7-15)17-21(18,19)14-5-4-12-2-1-3-13(12)10-14/h4-5,10,17H,1-3,6-9,11,16H2. The van der Waals surface area contributed by atoms with Crippen LogP contribution < -0.4 is 10.5 Å². The molecule has 116 valence electrons. The lowest BCUT2D eigenvalue weighted by Crippen LogP contribution is -2.56. The minimum Gasteiger partial charge on any atom is -0.381 e. The molecule has 21 heavy (non-hydrogen) atoms. The quantitative estimate of drug-likeness (QED) is 0.868. The van der Waals surface area contributed by atoms with Crippen LogP contribution in [0.25, 0.3) is 0 Å². The molecule has 1 aromatic rings. The maximum Gasteiger partial charge on any atom is 0.241 e. The number of hydrogen-bond donors (Lipinski definition) is 2. The average Bonchev–Trinajstić information content (AvgIpc) is 2.95. The summed E-state index contributed by atoms with van der Waals surface area (Å²) in [5.41, 5.74) is 7.69. The van der Waals surface area contributed by atoms with E-state index in [0.717, 1.165) is 24.8 Å². The van der Waals surface area contributed by atoms with E-state index in [0.29, 0.717) is 37.5 Å². The van der Waals surface area contributed by atoms with Gasteiger partial charge in [0.2, 0.25) is 10.0 Å². The monoisotopic (exact) mass is 310 g/mol. The van der Waals surface area contributed by atoms with Gasteiger partial charge in [-0.25, -0.2) is 13.1 Å². The van der Waals surface area contributed by atoms with Crippen LogP contribution in [0.15, 0.2) is 23.1 Å². The second-order valence-corrected chi connectivity index (χ2v) is 7.67. The molecule has 0 radical (unpaired) electrons. The van der Waals surface area contributed by atoms with Gasteiger partial charge in [0.1, 0.15) is 0 Å². The van der Waals surface area contributed by atoms with Gasteiger partial charge >= 0.3 is 0 Å². The number of benzene rings is 1. The Kier molecular flexibility index (Phi) is 4.05. The molecule has 1 aliphatic carbocycles. The van der Waals surface area contributed by atoms with E-state index < -0.39 is 15.6 Å². The van der Waals surface area contributed by atoms with Crippen LogP contribution in [-0.4, -0.2) is 33.7 Å². The number of nitrogens with one attached hydrogen (secondary N) is 1. The number of fused-ring (bicyclic) bond motifs is 1. The summed E-state index contributed by atoms with van der Waals surface area (Å²) in [6.07, 6.45) is 4.36. The topological polar surface area (TPSA) is 81.4 Å². The first-order chi connectivity index (χ1) is 10.0. The van der Waals surface area contributed by atoms with E-state index in [1.54, 1.807) is 6.07 Å². The largest absolute Gasteiger partial charge is 0.381 e. The molecule has 0 aromatic heterocycles. The molecule has 1 saturated heterocycles. The first kappa shape index (κ1) is 15.0. The normalized spacial score (nSPS) is 21.2. The van der Waals surface area contributed by atoms with Crippen LogP contribution in [0.2, 0.25) is 0 Å². The zero-order chi connectivity index (χ0) is 14.9. The van der Waals surface area contributed by atoms with Crippen molar-refractivity contribution in [1.29, 1.82) is 0 Å². The molecule has 1 aliphatic heterocycles. The summed E-state index contributed by atoms with van der Waals surface area (Å²) in [6, 6.07) is 5.46. The Morgan fingerprint density at radius 3 is 2.62 bits per heavy atom. The van der Waals surface area contributed by atoms with Crippen molar-refractivity contribution in [1.82, 2.24) is 4.72 Å². The van der Waals surface area contributed by atoms with E-state index in [1.165, 1.54) is 5.56 Å². The minimum absolute atomic E-state index is 0.292. The van der Waals surface area contributed by atoms with Gasteiger partial charge in [-0.05, 0) is 55.4 Å². The lowest BCUT2D eigenvalue weighted by atomic mass is 9.92. The van der Waals surface area contributed by atoms with Crippen molar-refractivity contribution in [3.8, 4) is 0 Å². The van der Waals surface area contributed by atoms with Crippen molar-refractivity contribution in [3.05, 3.63) is 29.3 Å². The molecule has 6 heteroatoms. The fraction of sp³-hybridized carbons (Fsp3) is 0.600. The van der Waals surface area contributed by atoms with E-state index in [-0.39, 0.29) is 0 Å². The Hall–Kier alpha value is -0.950. The van der Waals surface area contributed by atoms with Crippen LogP contribution in [0.5, 0.6) is 0 Å². The highest BCUT2D eigenvalue weighted by Gasteiger charge is 2.36.